The molecule has 0 saturated carbocycles. The lowest BCUT2D eigenvalue weighted by Gasteiger charge is -2.27. The summed E-state index contributed by atoms with van der Waals surface area (Å²) < 4.78 is 4.87. The minimum atomic E-state index is -1.78. The Morgan fingerprint density at radius 2 is 1.79 bits per heavy atom. The lowest BCUT2D eigenvalue weighted by Crippen LogP contribution is -2.54. The monoisotopic (exact) mass is 279 g/mol. The maximum atomic E-state index is 11.4. The molecular weight excluding hydrogens is 258 g/mol. The highest BCUT2D eigenvalue weighted by Crippen LogP contribution is 2.08. The van der Waals surface area contributed by atoms with E-state index in [9.17, 15) is 19.8 Å². The zero-order valence-corrected chi connectivity index (χ0v) is 11.1. The van der Waals surface area contributed by atoms with E-state index in [0.29, 0.717) is 0 Å². The second-order valence-corrected chi connectivity index (χ2v) is 5.04. The third-order valence-electron chi connectivity index (χ3n) is 2.13. The van der Waals surface area contributed by atoms with Crippen molar-refractivity contribution in [1.82, 2.24) is 5.32 Å². The first-order chi connectivity index (χ1) is 8.62. The molecule has 8 heteroatoms. The van der Waals surface area contributed by atoms with Crippen LogP contribution in [0.4, 0.5) is 4.79 Å². The maximum absolute atomic E-state index is 11.4. The second kappa shape index (κ2) is 7.39. The molecule has 0 aliphatic heterocycles. The third-order valence-corrected chi connectivity index (χ3v) is 2.13. The summed E-state index contributed by atoms with van der Waals surface area (Å²) in [6.07, 6.45) is -5.93. The van der Waals surface area contributed by atoms with E-state index in [1.54, 1.807) is 20.8 Å². The van der Waals surface area contributed by atoms with Gasteiger partial charge < -0.3 is 35.3 Å². The fourth-order valence-corrected chi connectivity index (χ4v) is 1.19. The molecule has 0 aromatic rings. The highest BCUT2D eigenvalue weighted by Gasteiger charge is 2.32. The van der Waals surface area contributed by atoms with Crippen LogP contribution in [0.15, 0.2) is 0 Å². The van der Waals surface area contributed by atoms with Crippen LogP contribution in [-0.2, 0) is 9.53 Å². The topological polar surface area (TPSA) is 136 Å². The number of carbonyl (C=O) groups is 2. The van der Waals surface area contributed by atoms with Gasteiger partial charge in [-0.05, 0) is 20.8 Å². The molecule has 0 aliphatic carbocycles. The zero-order chi connectivity index (χ0) is 15.2. The minimum absolute atomic E-state index is 0.196. The molecule has 1 amide bonds. The number of alkyl carbamates (subject to hydrolysis) is 1. The van der Waals surface area contributed by atoms with Crippen molar-refractivity contribution in [2.75, 3.05) is 6.61 Å². The zero-order valence-electron chi connectivity index (χ0n) is 11.1. The largest absolute Gasteiger partial charge is 0.444 e. The fourth-order valence-electron chi connectivity index (χ4n) is 1.19. The second-order valence-electron chi connectivity index (χ2n) is 5.04. The molecule has 5 N–H and O–H groups in total. The van der Waals surface area contributed by atoms with Crippen molar-refractivity contribution >= 4 is 12.4 Å². The van der Waals surface area contributed by atoms with Gasteiger partial charge in [0, 0.05) is 0 Å². The van der Waals surface area contributed by atoms with Crippen LogP contribution in [0.25, 0.3) is 0 Å². The van der Waals surface area contributed by atoms with Crippen molar-refractivity contribution in [2.24, 2.45) is 0 Å². The number of hydrogen-bond acceptors (Lipinski definition) is 7. The number of aldehydes is 1. The van der Waals surface area contributed by atoms with Gasteiger partial charge in [0.25, 0.3) is 0 Å². The average Bonchev–Trinajstić information content (AvgIpc) is 2.30. The predicted molar refractivity (Wildman–Crippen MR) is 64.3 cm³/mol. The molecule has 4 unspecified atom stereocenters. The standard InChI is InChI=1S/C11H21NO7/c1-11(2,3)19-10(18)12-6(4-13)8(16)9(17)7(15)5-14/h4,6-9,14-17H,5H2,1-3H3,(H,12,18). The van der Waals surface area contributed by atoms with Crippen LogP contribution in [0.3, 0.4) is 0 Å². The predicted octanol–water partition coefficient (Wildman–Crippen LogP) is -1.85. The normalized spacial score (nSPS) is 18.1. The number of amides is 1. The van der Waals surface area contributed by atoms with Gasteiger partial charge in [-0.1, -0.05) is 0 Å². The summed E-state index contributed by atoms with van der Waals surface area (Å²) >= 11 is 0. The molecular formula is C11H21NO7. The highest BCUT2D eigenvalue weighted by molar-refractivity contribution is 5.73. The van der Waals surface area contributed by atoms with Gasteiger partial charge in [0.2, 0.25) is 0 Å². The molecule has 4 atom stereocenters. The fraction of sp³-hybridized carbons (Fsp3) is 0.818. The lowest BCUT2D eigenvalue weighted by atomic mass is 10.0. The summed E-state index contributed by atoms with van der Waals surface area (Å²) in [5.41, 5.74) is -0.786. The van der Waals surface area contributed by atoms with Crippen LogP contribution < -0.4 is 5.32 Å². The Bertz CT molecular complexity index is 302. The van der Waals surface area contributed by atoms with Gasteiger partial charge in [-0.15, -0.1) is 0 Å². The van der Waals surface area contributed by atoms with Crippen LogP contribution in [0.5, 0.6) is 0 Å². The smallest absolute Gasteiger partial charge is 0.408 e. The summed E-state index contributed by atoms with van der Waals surface area (Å²) in [4.78, 5) is 22.2. The van der Waals surface area contributed by atoms with Gasteiger partial charge in [0.05, 0.1) is 6.61 Å². The van der Waals surface area contributed by atoms with Crippen LogP contribution in [0.1, 0.15) is 20.8 Å². The van der Waals surface area contributed by atoms with Crippen molar-refractivity contribution in [3.63, 3.8) is 0 Å². The lowest BCUT2D eigenvalue weighted by molar-refractivity contribution is -0.120. The molecule has 0 aromatic heterocycles. The Hall–Kier alpha value is -1.22. The van der Waals surface area contributed by atoms with Gasteiger partial charge in [-0.25, -0.2) is 4.79 Å². The SMILES string of the molecule is CC(C)(C)OC(=O)NC(C=O)C(O)C(O)C(O)CO. The first kappa shape index (κ1) is 17.8. The van der Waals surface area contributed by atoms with Crippen LogP contribution in [-0.4, -0.2) is 69.4 Å². The van der Waals surface area contributed by atoms with Gasteiger partial charge in [0.1, 0.15) is 36.2 Å². The Morgan fingerprint density at radius 3 is 2.16 bits per heavy atom. The van der Waals surface area contributed by atoms with Crippen molar-refractivity contribution in [3.8, 4) is 0 Å². The van der Waals surface area contributed by atoms with Crippen molar-refractivity contribution in [3.05, 3.63) is 0 Å². The van der Waals surface area contributed by atoms with Crippen LogP contribution >= 0.6 is 0 Å². The van der Waals surface area contributed by atoms with Crippen molar-refractivity contribution < 1.29 is 34.8 Å². The number of aliphatic hydroxyl groups is 4. The van der Waals surface area contributed by atoms with E-state index >= 15 is 0 Å². The Balaban J connectivity index is 4.58. The molecule has 0 spiro atoms. The van der Waals surface area contributed by atoms with E-state index in [1.165, 1.54) is 0 Å². The van der Waals surface area contributed by atoms with E-state index in [1.807, 2.05) is 0 Å². The maximum Gasteiger partial charge on any atom is 0.408 e. The Labute approximate surface area is 111 Å². The quantitative estimate of drug-likeness (QED) is 0.360. The highest BCUT2D eigenvalue weighted by atomic mass is 16.6. The molecule has 8 nitrogen and oxygen atoms in total. The Kier molecular flexibility index (Phi) is 6.91. The van der Waals surface area contributed by atoms with Crippen LogP contribution in [0, 0.1) is 0 Å². The first-order valence-corrected chi connectivity index (χ1v) is 5.72. The summed E-state index contributed by atoms with van der Waals surface area (Å²) in [5.74, 6) is 0. The van der Waals surface area contributed by atoms with E-state index in [0.717, 1.165) is 0 Å². The van der Waals surface area contributed by atoms with Crippen molar-refractivity contribution in [1.29, 1.82) is 0 Å². The molecule has 0 aliphatic rings. The van der Waals surface area contributed by atoms with Crippen molar-refractivity contribution in [2.45, 2.75) is 50.7 Å². The molecule has 112 valence electrons. The summed E-state index contributed by atoms with van der Waals surface area (Å²) in [7, 11) is 0. The number of carbonyl (C=O) groups excluding carboxylic acids is 2. The number of rotatable bonds is 6. The number of ether oxygens (including phenoxy) is 1. The molecule has 0 rings (SSSR count). The number of hydrogen-bond donors (Lipinski definition) is 5. The van der Waals surface area contributed by atoms with E-state index in [-0.39, 0.29) is 6.29 Å². The summed E-state index contributed by atoms with van der Waals surface area (Å²) in [6, 6.07) is -1.47. The molecule has 19 heavy (non-hydrogen) atoms. The van der Waals surface area contributed by atoms with Gasteiger partial charge in [-0.3, -0.25) is 0 Å². The third kappa shape index (κ3) is 6.48. The van der Waals surface area contributed by atoms with Gasteiger partial charge in [0.15, 0.2) is 0 Å². The molecule has 0 aromatic carbocycles. The molecule has 0 saturated heterocycles. The van der Waals surface area contributed by atoms with E-state index in [2.05, 4.69) is 5.32 Å². The Morgan fingerprint density at radius 1 is 1.26 bits per heavy atom. The number of nitrogens with one attached hydrogen (secondary N) is 1. The van der Waals surface area contributed by atoms with Gasteiger partial charge >= 0.3 is 6.09 Å². The molecule has 0 radical (unpaired) electrons. The summed E-state index contributed by atoms with van der Waals surface area (Å²) in [6.45, 7) is 4.05. The van der Waals surface area contributed by atoms with Crippen LogP contribution in [0.2, 0.25) is 0 Å². The molecule has 0 heterocycles. The van der Waals surface area contributed by atoms with Gasteiger partial charge in [-0.2, -0.15) is 0 Å². The summed E-state index contributed by atoms with van der Waals surface area (Å²) in [5, 5.41) is 38.8. The molecule has 0 bridgehead atoms. The number of aliphatic hydroxyl groups excluding tert-OH is 4. The molecule has 0 fully saturated rings. The first-order valence-electron chi connectivity index (χ1n) is 5.72. The average molecular weight is 279 g/mol. The van der Waals surface area contributed by atoms with E-state index in [4.69, 9.17) is 14.9 Å². The minimum Gasteiger partial charge on any atom is -0.444 e. The van der Waals surface area contributed by atoms with E-state index < -0.39 is 42.7 Å².